The van der Waals surface area contributed by atoms with E-state index in [-0.39, 0.29) is 11.4 Å². The molecular weight excluding hydrogens is 192 g/mol. The van der Waals surface area contributed by atoms with E-state index in [1.54, 1.807) is 0 Å². The normalized spacial score (nSPS) is 32.8. The first-order chi connectivity index (χ1) is 6.04. The van der Waals surface area contributed by atoms with E-state index in [9.17, 15) is 9.00 Å². The smallest absolute Gasteiger partial charge is 0.318 e. The largest absolute Gasteiger partial charge is 0.480 e. The molecule has 0 spiro atoms. The zero-order valence-corrected chi connectivity index (χ0v) is 8.54. The average Bonchev–Trinajstić information content (AvgIpc) is 2.48. The van der Waals surface area contributed by atoms with Crippen LogP contribution in [-0.4, -0.2) is 38.5 Å². The highest BCUT2D eigenvalue weighted by Gasteiger charge is 2.34. The first-order valence-electron chi connectivity index (χ1n) is 4.28. The van der Waals surface area contributed by atoms with Crippen LogP contribution in [0.2, 0.25) is 0 Å². The molecule has 5 heteroatoms. The van der Waals surface area contributed by atoms with Gasteiger partial charge in [-0.2, -0.15) is 0 Å². The highest BCUT2D eigenvalue weighted by molar-refractivity contribution is 7.87. The maximum absolute atomic E-state index is 11.6. The molecule has 1 fully saturated rings. The number of hydrogen-bond acceptors (Lipinski definition) is 3. The molecular formula is C8H14O4S. The van der Waals surface area contributed by atoms with Crippen LogP contribution in [-0.2, 0) is 20.3 Å². The van der Waals surface area contributed by atoms with Crippen molar-refractivity contribution >= 4 is 16.8 Å². The van der Waals surface area contributed by atoms with Gasteiger partial charge >= 0.3 is 5.97 Å². The van der Waals surface area contributed by atoms with Gasteiger partial charge in [0.15, 0.2) is 0 Å². The van der Waals surface area contributed by atoms with Crippen molar-refractivity contribution in [3.8, 4) is 0 Å². The summed E-state index contributed by atoms with van der Waals surface area (Å²) in [6.07, 6.45) is 0.619. The van der Waals surface area contributed by atoms with Crippen molar-refractivity contribution in [3.63, 3.8) is 0 Å². The zero-order valence-electron chi connectivity index (χ0n) is 7.73. The molecule has 0 bridgehead atoms. The van der Waals surface area contributed by atoms with Gasteiger partial charge in [-0.15, -0.1) is 0 Å². The molecule has 0 aromatic heterocycles. The molecule has 0 aliphatic carbocycles. The summed E-state index contributed by atoms with van der Waals surface area (Å²) in [5, 5.41) is 7.75. The second-order valence-corrected chi connectivity index (χ2v) is 5.18. The van der Waals surface area contributed by atoms with E-state index in [4.69, 9.17) is 9.84 Å². The molecule has 0 aromatic carbocycles. The molecule has 13 heavy (non-hydrogen) atoms. The Morgan fingerprint density at radius 3 is 2.69 bits per heavy atom. The summed E-state index contributed by atoms with van der Waals surface area (Å²) in [5.74, 6) is -1.00. The molecule has 0 saturated carbocycles. The number of carboxylic acids is 1. The second-order valence-electron chi connectivity index (χ2n) is 3.21. The monoisotopic (exact) mass is 206 g/mol. The van der Waals surface area contributed by atoms with E-state index in [0.717, 1.165) is 0 Å². The molecule has 0 aromatic rings. The molecule has 4 unspecified atom stereocenters. The summed E-state index contributed by atoms with van der Waals surface area (Å²) in [6.45, 7) is 3.90. The Bertz CT molecular complexity index is 228. The van der Waals surface area contributed by atoms with Crippen LogP contribution in [0.5, 0.6) is 0 Å². The van der Waals surface area contributed by atoms with Gasteiger partial charge < -0.3 is 9.84 Å². The highest BCUT2D eigenvalue weighted by Crippen LogP contribution is 2.21. The first-order valence-corrected chi connectivity index (χ1v) is 5.55. The number of carbonyl (C=O) groups is 1. The summed E-state index contributed by atoms with van der Waals surface area (Å²) in [5.41, 5.74) is 0. The predicted molar refractivity (Wildman–Crippen MR) is 49.1 cm³/mol. The third-order valence-corrected chi connectivity index (χ3v) is 4.42. The minimum absolute atomic E-state index is 0.0809. The van der Waals surface area contributed by atoms with Crippen LogP contribution in [0, 0.1) is 0 Å². The Kier molecular flexibility index (Phi) is 3.44. The van der Waals surface area contributed by atoms with Gasteiger partial charge in [0.05, 0.1) is 11.4 Å². The predicted octanol–water partition coefficient (Wildman–Crippen LogP) is 0.386. The van der Waals surface area contributed by atoms with Crippen LogP contribution < -0.4 is 0 Å². The Hall–Kier alpha value is -0.420. The average molecular weight is 206 g/mol. The summed E-state index contributed by atoms with van der Waals surface area (Å²) >= 11 is 0. The molecule has 1 heterocycles. The summed E-state index contributed by atoms with van der Waals surface area (Å²) < 4.78 is 16.9. The van der Waals surface area contributed by atoms with E-state index in [1.807, 2.05) is 6.92 Å². The fraction of sp³-hybridized carbons (Fsp3) is 0.875. The van der Waals surface area contributed by atoms with Gasteiger partial charge in [-0.05, 0) is 20.3 Å². The molecule has 0 radical (unpaired) electrons. The summed E-state index contributed by atoms with van der Waals surface area (Å²) in [4.78, 5) is 10.6. The van der Waals surface area contributed by atoms with Gasteiger partial charge in [0.25, 0.3) is 0 Å². The van der Waals surface area contributed by atoms with E-state index in [0.29, 0.717) is 13.0 Å². The van der Waals surface area contributed by atoms with Crippen LogP contribution in [0.15, 0.2) is 0 Å². The first kappa shape index (κ1) is 10.7. The van der Waals surface area contributed by atoms with Crippen molar-refractivity contribution in [2.75, 3.05) is 6.61 Å². The fourth-order valence-corrected chi connectivity index (χ4v) is 2.89. The van der Waals surface area contributed by atoms with E-state index >= 15 is 0 Å². The lowest BCUT2D eigenvalue weighted by atomic mass is 10.3. The van der Waals surface area contributed by atoms with Crippen LogP contribution in [0.25, 0.3) is 0 Å². The van der Waals surface area contributed by atoms with Crippen molar-refractivity contribution in [1.29, 1.82) is 0 Å². The highest BCUT2D eigenvalue weighted by atomic mass is 32.2. The van der Waals surface area contributed by atoms with Crippen molar-refractivity contribution < 1.29 is 18.8 Å². The molecule has 1 saturated heterocycles. The fourth-order valence-electron chi connectivity index (χ4n) is 1.38. The number of aliphatic carboxylic acids is 1. The number of rotatable bonds is 3. The minimum Gasteiger partial charge on any atom is -0.480 e. The minimum atomic E-state index is -1.32. The molecule has 1 N–H and O–H groups in total. The SMILES string of the molecule is CC1OCCC1S(=O)C(C)C(=O)O. The molecule has 1 rings (SSSR count). The van der Waals surface area contributed by atoms with Crippen molar-refractivity contribution in [2.24, 2.45) is 0 Å². The third kappa shape index (κ3) is 2.28. The quantitative estimate of drug-likeness (QED) is 0.725. The second kappa shape index (κ2) is 4.19. The molecule has 76 valence electrons. The molecule has 1 aliphatic heterocycles. The lowest BCUT2D eigenvalue weighted by molar-refractivity contribution is -0.136. The van der Waals surface area contributed by atoms with Crippen molar-refractivity contribution in [2.45, 2.75) is 36.9 Å². The van der Waals surface area contributed by atoms with Gasteiger partial charge in [0.2, 0.25) is 0 Å². The van der Waals surface area contributed by atoms with Gasteiger partial charge in [0, 0.05) is 17.4 Å². The van der Waals surface area contributed by atoms with Crippen LogP contribution in [0.1, 0.15) is 20.3 Å². The van der Waals surface area contributed by atoms with Crippen molar-refractivity contribution in [1.82, 2.24) is 0 Å². The maximum atomic E-state index is 11.6. The standard InChI is InChI=1S/C8H14O4S/c1-5-7(3-4-12-5)13(11)6(2)8(9)10/h5-7H,3-4H2,1-2H3,(H,9,10). The van der Waals surface area contributed by atoms with Gasteiger partial charge in [-0.1, -0.05) is 0 Å². The Morgan fingerprint density at radius 2 is 2.31 bits per heavy atom. The van der Waals surface area contributed by atoms with Crippen molar-refractivity contribution in [3.05, 3.63) is 0 Å². The molecule has 4 atom stereocenters. The number of hydrogen-bond donors (Lipinski definition) is 1. The third-order valence-electron chi connectivity index (χ3n) is 2.30. The van der Waals surface area contributed by atoms with Gasteiger partial charge in [-0.3, -0.25) is 9.00 Å². The zero-order chi connectivity index (χ0) is 10.0. The van der Waals surface area contributed by atoms with Gasteiger partial charge in [-0.25, -0.2) is 0 Å². The van der Waals surface area contributed by atoms with Crippen LogP contribution in [0.4, 0.5) is 0 Å². The van der Waals surface area contributed by atoms with Crippen LogP contribution >= 0.6 is 0 Å². The topological polar surface area (TPSA) is 63.6 Å². The molecule has 1 aliphatic rings. The number of carboxylic acid groups (broad SMARTS) is 1. The van der Waals surface area contributed by atoms with Gasteiger partial charge in [0.1, 0.15) is 5.25 Å². The van der Waals surface area contributed by atoms with E-state index in [2.05, 4.69) is 0 Å². The lowest BCUT2D eigenvalue weighted by Gasteiger charge is -2.15. The Labute approximate surface area is 79.7 Å². The van der Waals surface area contributed by atoms with E-state index < -0.39 is 22.0 Å². The lowest BCUT2D eigenvalue weighted by Crippen LogP contribution is -2.33. The summed E-state index contributed by atoms with van der Waals surface area (Å²) in [6, 6.07) is 0. The maximum Gasteiger partial charge on any atom is 0.318 e. The number of ether oxygens (including phenoxy) is 1. The Morgan fingerprint density at radius 1 is 1.69 bits per heavy atom. The molecule has 4 nitrogen and oxygen atoms in total. The van der Waals surface area contributed by atoms with E-state index in [1.165, 1.54) is 6.92 Å². The molecule has 0 amide bonds. The van der Waals surface area contributed by atoms with Crippen LogP contribution in [0.3, 0.4) is 0 Å². The summed E-state index contributed by atoms with van der Waals surface area (Å²) in [7, 11) is -1.32. The Balaban J connectivity index is 2.61.